The SMILES string of the molecule is CCc1ccc(S(=O)(=O)O)c([Si](C)(C)CC)c1. The van der Waals surface area contributed by atoms with E-state index in [4.69, 9.17) is 0 Å². The molecular weight excluding hydrogens is 252 g/mol. The first-order valence-corrected chi connectivity index (χ1v) is 10.5. The van der Waals surface area contributed by atoms with Crippen LogP contribution in [-0.2, 0) is 16.5 Å². The van der Waals surface area contributed by atoms with E-state index >= 15 is 0 Å². The summed E-state index contributed by atoms with van der Waals surface area (Å²) in [4.78, 5) is 0.0909. The lowest BCUT2D eigenvalue weighted by Crippen LogP contribution is -2.43. The van der Waals surface area contributed by atoms with E-state index in [9.17, 15) is 13.0 Å². The molecule has 1 rings (SSSR count). The van der Waals surface area contributed by atoms with Crippen LogP contribution in [0.1, 0.15) is 19.4 Å². The molecule has 5 heteroatoms. The highest BCUT2D eigenvalue weighted by Crippen LogP contribution is 2.17. The van der Waals surface area contributed by atoms with Crippen LogP contribution >= 0.6 is 0 Å². The Bertz CT molecular complexity index is 506. The molecular formula is C12H20O3SSi. The minimum absolute atomic E-state index is 0.0909. The molecule has 0 saturated heterocycles. The molecule has 0 fully saturated rings. The summed E-state index contributed by atoms with van der Waals surface area (Å²) < 4.78 is 32.1. The van der Waals surface area contributed by atoms with Gasteiger partial charge in [-0.3, -0.25) is 4.55 Å². The van der Waals surface area contributed by atoms with Gasteiger partial charge in [0.05, 0.1) is 13.0 Å². The molecule has 96 valence electrons. The summed E-state index contributed by atoms with van der Waals surface area (Å²) in [5.74, 6) is 0. The van der Waals surface area contributed by atoms with Gasteiger partial charge in [0.15, 0.2) is 0 Å². The molecule has 0 aliphatic carbocycles. The lowest BCUT2D eigenvalue weighted by Gasteiger charge is -2.23. The van der Waals surface area contributed by atoms with Crippen LogP contribution in [-0.4, -0.2) is 21.0 Å². The fourth-order valence-electron chi connectivity index (χ4n) is 1.74. The maximum Gasteiger partial charge on any atom is 0.294 e. The van der Waals surface area contributed by atoms with Gasteiger partial charge >= 0.3 is 0 Å². The molecule has 0 radical (unpaired) electrons. The second kappa shape index (κ2) is 4.92. The fraction of sp³-hybridized carbons (Fsp3) is 0.500. The number of aryl methyl sites for hydroxylation is 1. The minimum Gasteiger partial charge on any atom is -0.282 e. The molecule has 0 aromatic heterocycles. The summed E-state index contributed by atoms with van der Waals surface area (Å²) in [5.41, 5.74) is 1.11. The summed E-state index contributed by atoms with van der Waals surface area (Å²) in [6.07, 6.45) is 0.868. The van der Waals surface area contributed by atoms with Crippen molar-refractivity contribution in [1.29, 1.82) is 0 Å². The number of benzene rings is 1. The molecule has 1 aromatic rings. The molecule has 1 N–H and O–H groups in total. The Hall–Kier alpha value is -0.653. The average molecular weight is 272 g/mol. The first-order valence-electron chi connectivity index (χ1n) is 5.83. The van der Waals surface area contributed by atoms with Crippen LogP contribution in [0.5, 0.6) is 0 Å². The van der Waals surface area contributed by atoms with Gasteiger partial charge in [-0.05, 0) is 23.2 Å². The van der Waals surface area contributed by atoms with Crippen molar-refractivity contribution in [1.82, 2.24) is 0 Å². The van der Waals surface area contributed by atoms with Crippen molar-refractivity contribution in [3.05, 3.63) is 23.8 Å². The van der Waals surface area contributed by atoms with Gasteiger partial charge in [-0.15, -0.1) is 0 Å². The van der Waals surface area contributed by atoms with Crippen molar-refractivity contribution < 1.29 is 13.0 Å². The van der Waals surface area contributed by atoms with Crippen molar-refractivity contribution >= 4 is 23.4 Å². The summed E-state index contributed by atoms with van der Waals surface area (Å²) in [6.45, 7) is 8.35. The van der Waals surface area contributed by atoms with Crippen LogP contribution in [0.2, 0.25) is 19.1 Å². The normalized spacial score (nSPS) is 12.8. The molecule has 3 nitrogen and oxygen atoms in total. The molecule has 0 saturated carbocycles. The smallest absolute Gasteiger partial charge is 0.282 e. The summed E-state index contributed by atoms with van der Waals surface area (Å²) >= 11 is 0. The Labute approximate surface area is 105 Å². The summed E-state index contributed by atoms with van der Waals surface area (Å²) in [7, 11) is -5.91. The average Bonchev–Trinajstić information content (AvgIpc) is 2.27. The van der Waals surface area contributed by atoms with Crippen LogP contribution in [0.4, 0.5) is 0 Å². The van der Waals surface area contributed by atoms with Gasteiger partial charge in [0.1, 0.15) is 0 Å². The molecule has 0 atom stereocenters. The Morgan fingerprint density at radius 2 is 1.82 bits per heavy atom. The highest BCUT2D eigenvalue weighted by Gasteiger charge is 2.28. The first-order chi connectivity index (χ1) is 7.72. The highest BCUT2D eigenvalue weighted by atomic mass is 32.2. The van der Waals surface area contributed by atoms with E-state index in [1.54, 1.807) is 6.07 Å². The summed E-state index contributed by atoms with van der Waals surface area (Å²) in [5, 5.41) is 0.835. The molecule has 1 aromatic carbocycles. The van der Waals surface area contributed by atoms with Crippen molar-refractivity contribution in [2.24, 2.45) is 0 Å². The largest absolute Gasteiger partial charge is 0.294 e. The van der Waals surface area contributed by atoms with Gasteiger partial charge in [0, 0.05) is 0 Å². The van der Waals surface area contributed by atoms with Crippen molar-refractivity contribution in [2.45, 2.75) is 44.3 Å². The quantitative estimate of drug-likeness (QED) is 0.676. The van der Waals surface area contributed by atoms with Gasteiger partial charge in [-0.25, -0.2) is 0 Å². The number of hydrogen-bond donors (Lipinski definition) is 1. The second-order valence-electron chi connectivity index (χ2n) is 4.90. The third-order valence-electron chi connectivity index (χ3n) is 3.34. The predicted molar refractivity (Wildman–Crippen MR) is 73.2 cm³/mol. The van der Waals surface area contributed by atoms with E-state index < -0.39 is 18.2 Å². The van der Waals surface area contributed by atoms with Crippen molar-refractivity contribution in [2.75, 3.05) is 0 Å². The Kier molecular flexibility index (Phi) is 4.17. The topological polar surface area (TPSA) is 54.4 Å². The Morgan fingerprint density at radius 3 is 2.24 bits per heavy atom. The molecule has 0 aliphatic rings. The maximum atomic E-state index is 11.4. The zero-order chi connectivity index (χ0) is 13.3. The van der Waals surface area contributed by atoms with Gasteiger partial charge in [0.2, 0.25) is 0 Å². The standard InChI is InChI=1S/C12H20O3SSi/c1-5-10-7-8-11(16(13,14)15)12(9-10)17(3,4)6-2/h7-9H,5-6H2,1-4H3,(H,13,14,15). The molecule has 0 amide bonds. The van der Waals surface area contributed by atoms with Gasteiger partial charge < -0.3 is 0 Å². The molecule has 17 heavy (non-hydrogen) atoms. The fourth-order valence-corrected chi connectivity index (χ4v) is 5.24. The van der Waals surface area contributed by atoms with Gasteiger partial charge in [-0.2, -0.15) is 8.42 Å². The lowest BCUT2D eigenvalue weighted by atomic mass is 10.2. The van der Waals surface area contributed by atoms with Crippen LogP contribution < -0.4 is 5.19 Å². The van der Waals surface area contributed by atoms with Crippen LogP contribution in [0.15, 0.2) is 23.1 Å². The van der Waals surface area contributed by atoms with E-state index in [1.807, 2.05) is 13.0 Å². The van der Waals surface area contributed by atoms with E-state index in [-0.39, 0.29) is 4.90 Å². The van der Waals surface area contributed by atoms with Crippen LogP contribution in [0, 0.1) is 0 Å². The van der Waals surface area contributed by atoms with E-state index in [0.717, 1.165) is 23.2 Å². The first kappa shape index (κ1) is 14.4. The maximum absolute atomic E-state index is 11.4. The van der Waals surface area contributed by atoms with Gasteiger partial charge in [0.25, 0.3) is 10.1 Å². The Balaban J connectivity index is 3.53. The predicted octanol–water partition coefficient (Wildman–Crippen LogP) is 2.43. The second-order valence-corrected chi connectivity index (χ2v) is 11.3. The molecule has 0 spiro atoms. The number of rotatable bonds is 4. The van der Waals surface area contributed by atoms with Crippen molar-refractivity contribution in [3.8, 4) is 0 Å². The molecule has 0 unspecified atom stereocenters. The third kappa shape index (κ3) is 3.17. The third-order valence-corrected chi connectivity index (χ3v) is 8.08. The lowest BCUT2D eigenvalue weighted by molar-refractivity contribution is 0.484. The van der Waals surface area contributed by atoms with E-state index in [2.05, 4.69) is 20.0 Å². The monoisotopic (exact) mass is 272 g/mol. The molecule has 0 heterocycles. The van der Waals surface area contributed by atoms with E-state index in [1.165, 1.54) is 6.07 Å². The van der Waals surface area contributed by atoms with Crippen molar-refractivity contribution in [3.63, 3.8) is 0 Å². The number of hydrogen-bond acceptors (Lipinski definition) is 2. The zero-order valence-corrected chi connectivity index (χ0v) is 12.6. The van der Waals surface area contributed by atoms with E-state index in [0.29, 0.717) is 0 Å². The van der Waals surface area contributed by atoms with Crippen LogP contribution in [0.3, 0.4) is 0 Å². The molecule has 0 bridgehead atoms. The minimum atomic E-state index is -4.12. The molecule has 0 aliphatic heterocycles. The zero-order valence-electron chi connectivity index (χ0n) is 10.8. The highest BCUT2D eigenvalue weighted by molar-refractivity contribution is 7.86. The van der Waals surface area contributed by atoms with Gasteiger partial charge in [-0.1, -0.05) is 45.1 Å². The van der Waals surface area contributed by atoms with Crippen LogP contribution in [0.25, 0.3) is 0 Å². The Morgan fingerprint density at radius 1 is 1.24 bits per heavy atom. The summed E-state index contributed by atoms with van der Waals surface area (Å²) in [6, 6.07) is 6.20.